The quantitative estimate of drug-likeness (QED) is 0.610. The molecule has 0 bridgehead atoms. The Bertz CT molecular complexity index is 362. The molecule has 0 heterocycles. The Labute approximate surface area is 122 Å². The molecule has 1 aromatic carbocycles. The number of rotatable bonds is 11. The summed E-state index contributed by atoms with van der Waals surface area (Å²) in [4.78, 5) is 10.6. The molecule has 3 heteroatoms. The first-order valence-corrected chi connectivity index (χ1v) is 7.59. The standard InChI is InChI=1S/C17H26O3/c1-2-3-5-11-16(12-8-13-17(18)19)20-14-15-9-6-4-7-10-15/h4,6-7,9-10,16H,2-3,5,8,11-14H2,1H3,(H,18,19). The van der Waals surface area contributed by atoms with E-state index in [0.717, 1.165) is 19.3 Å². The minimum absolute atomic E-state index is 0.182. The Balaban J connectivity index is 2.34. The van der Waals surface area contributed by atoms with Gasteiger partial charge in [-0.25, -0.2) is 0 Å². The number of carboxylic acids is 1. The highest BCUT2D eigenvalue weighted by Crippen LogP contribution is 2.15. The van der Waals surface area contributed by atoms with Crippen LogP contribution in [0.3, 0.4) is 0 Å². The summed E-state index contributed by atoms with van der Waals surface area (Å²) in [5, 5.41) is 8.71. The second-order valence-electron chi connectivity index (χ2n) is 5.20. The fourth-order valence-corrected chi connectivity index (χ4v) is 2.20. The van der Waals surface area contributed by atoms with E-state index in [1.807, 2.05) is 18.2 Å². The highest BCUT2D eigenvalue weighted by atomic mass is 16.5. The average molecular weight is 278 g/mol. The minimum Gasteiger partial charge on any atom is -0.481 e. The zero-order valence-corrected chi connectivity index (χ0v) is 12.4. The van der Waals surface area contributed by atoms with Gasteiger partial charge in [0.1, 0.15) is 0 Å². The highest BCUT2D eigenvalue weighted by Gasteiger charge is 2.10. The molecule has 0 aliphatic rings. The molecule has 1 aromatic rings. The molecule has 20 heavy (non-hydrogen) atoms. The minimum atomic E-state index is -0.722. The molecule has 0 fully saturated rings. The van der Waals surface area contributed by atoms with Gasteiger partial charge in [-0.2, -0.15) is 0 Å². The number of carboxylic acid groups (broad SMARTS) is 1. The topological polar surface area (TPSA) is 46.5 Å². The number of carbonyl (C=O) groups is 1. The van der Waals surface area contributed by atoms with Gasteiger partial charge in [0, 0.05) is 6.42 Å². The molecule has 0 radical (unpaired) electrons. The third-order valence-corrected chi connectivity index (χ3v) is 3.37. The Hall–Kier alpha value is -1.35. The lowest BCUT2D eigenvalue weighted by molar-refractivity contribution is -0.137. The lowest BCUT2D eigenvalue weighted by Crippen LogP contribution is -2.13. The van der Waals surface area contributed by atoms with Crippen molar-refractivity contribution in [2.45, 2.75) is 64.6 Å². The van der Waals surface area contributed by atoms with Crippen molar-refractivity contribution in [2.75, 3.05) is 0 Å². The molecule has 0 aliphatic carbocycles. The van der Waals surface area contributed by atoms with E-state index >= 15 is 0 Å². The SMILES string of the molecule is CCCCCC(CCCC(=O)O)OCc1ccccc1. The van der Waals surface area contributed by atoms with Gasteiger partial charge in [0.15, 0.2) is 0 Å². The maximum Gasteiger partial charge on any atom is 0.303 e. The summed E-state index contributed by atoms with van der Waals surface area (Å²) < 4.78 is 5.96. The molecule has 0 amide bonds. The van der Waals surface area contributed by atoms with Crippen LogP contribution in [0.5, 0.6) is 0 Å². The predicted octanol–water partition coefficient (Wildman–Crippen LogP) is 4.41. The van der Waals surface area contributed by atoms with E-state index in [-0.39, 0.29) is 12.5 Å². The maximum absolute atomic E-state index is 10.6. The highest BCUT2D eigenvalue weighted by molar-refractivity contribution is 5.66. The molecule has 0 spiro atoms. The summed E-state index contributed by atoms with van der Waals surface area (Å²) in [5.74, 6) is -0.722. The molecule has 1 rings (SSSR count). The van der Waals surface area contributed by atoms with E-state index in [9.17, 15) is 4.79 Å². The fraction of sp³-hybridized carbons (Fsp3) is 0.588. The summed E-state index contributed by atoms with van der Waals surface area (Å²) in [6, 6.07) is 10.1. The lowest BCUT2D eigenvalue weighted by atomic mass is 10.0. The van der Waals surface area contributed by atoms with Crippen LogP contribution >= 0.6 is 0 Å². The normalized spacial score (nSPS) is 12.2. The molecular weight excluding hydrogens is 252 g/mol. The molecule has 1 N–H and O–H groups in total. The van der Waals surface area contributed by atoms with Crippen LogP contribution in [0, 0.1) is 0 Å². The summed E-state index contributed by atoms with van der Waals surface area (Å²) in [7, 11) is 0. The van der Waals surface area contributed by atoms with Crippen LogP contribution in [0.1, 0.15) is 57.4 Å². The lowest BCUT2D eigenvalue weighted by Gasteiger charge is -2.17. The Morgan fingerprint density at radius 2 is 1.85 bits per heavy atom. The van der Waals surface area contributed by atoms with Crippen LogP contribution in [0.2, 0.25) is 0 Å². The summed E-state index contributed by atoms with van der Waals surface area (Å²) in [6.45, 7) is 2.80. The van der Waals surface area contributed by atoms with E-state index in [1.165, 1.54) is 18.4 Å². The van der Waals surface area contributed by atoms with Crippen molar-refractivity contribution in [1.29, 1.82) is 0 Å². The number of aliphatic carboxylic acids is 1. The Kier molecular flexibility index (Phi) is 8.72. The smallest absolute Gasteiger partial charge is 0.303 e. The van der Waals surface area contributed by atoms with Crippen LogP contribution in [0.25, 0.3) is 0 Å². The second kappa shape index (κ2) is 10.4. The summed E-state index contributed by atoms with van der Waals surface area (Å²) >= 11 is 0. The molecule has 0 saturated heterocycles. The number of ether oxygens (including phenoxy) is 1. The van der Waals surface area contributed by atoms with Crippen molar-refractivity contribution in [2.24, 2.45) is 0 Å². The molecule has 3 nitrogen and oxygen atoms in total. The number of unbranched alkanes of at least 4 members (excludes halogenated alkanes) is 2. The molecule has 0 saturated carbocycles. The molecule has 0 aromatic heterocycles. The predicted molar refractivity (Wildman–Crippen MR) is 80.6 cm³/mol. The van der Waals surface area contributed by atoms with Gasteiger partial charge < -0.3 is 9.84 Å². The van der Waals surface area contributed by atoms with Gasteiger partial charge in [0.2, 0.25) is 0 Å². The van der Waals surface area contributed by atoms with E-state index in [0.29, 0.717) is 13.0 Å². The molecule has 112 valence electrons. The molecule has 1 unspecified atom stereocenters. The van der Waals surface area contributed by atoms with Gasteiger partial charge in [-0.1, -0.05) is 56.5 Å². The number of hydrogen-bond acceptors (Lipinski definition) is 2. The maximum atomic E-state index is 10.6. The van der Waals surface area contributed by atoms with E-state index in [4.69, 9.17) is 9.84 Å². The van der Waals surface area contributed by atoms with Crippen molar-refractivity contribution in [3.8, 4) is 0 Å². The van der Waals surface area contributed by atoms with Crippen molar-refractivity contribution in [3.05, 3.63) is 35.9 Å². The third-order valence-electron chi connectivity index (χ3n) is 3.37. The second-order valence-corrected chi connectivity index (χ2v) is 5.20. The molecule has 0 aliphatic heterocycles. The molecule has 1 atom stereocenters. The van der Waals surface area contributed by atoms with Crippen LogP contribution in [0.15, 0.2) is 30.3 Å². The van der Waals surface area contributed by atoms with Gasteiger partial charge >= 0.3 is 5.97 Å². The van der Waals surface area contributed by atoms with Crippen LogP contribution in [0.4, 0.5) is 0 Å². The average Bonchev–Trinajstić information content (AvgIpc) is 2.45. The van der Waals surface area contributed by atoms with Gasteiger partial charge in [0.05, 0.1) is 12.7 Å². The van der Waals surface area contributed by atoms with E-state index in [2.05, 4.69) is 19.1 Å². The number of benzene rings is 1. The van der Waals surface area contributed by atoms with E-state index in [1.54, 1.807) is 0 Å². The molecular formula is C17H26O3. The van der Waals surface area contributed by atoms with Crippen molar-refractivity contribution in [3.63, 3.8) is 0 Å². The first-order chi connectivity index (χ1) is 9.72. The van der Waals surface area contributed by atoms with Crippen LogP contribution in [-0.4, -0.2) is 17.2 Å². The van der Waals surface area contributed by atoms with Gasteiger partial charge in [0.25, 0.3) is 0 Å². The monoisotopic (exact) mass is 278 g/mol. The number of hydrogen-bond donors (Lipinski definition) is 1. The van der Waals surface area contributed by atoms with Gasteiger partial charge in [-0.3, -0.25) is 4.79 Å². The van der Waals surface area contributed by atoms with Crippen molar-refractivity contribution < 1.29 is 14.6 Å². The Morgan fingerprint density at radius 3 is 2.50 bits per heavy atom. The fourth-order valence-electron chi connectivity index (χ4n) is 2.20. The summed E-state index contributed by atoms with van der Waals surface area (Å²) in [6.07, 6.45) is 6.54. The first-order valence-electron chi connectivity index (χ1n) is 7.59. The van der Waals surface area contributed by atoms with Crippen molar-refractivity contribution >= 4 is 5.97 Å². The Morgan fingerprint density at radius 1 is 1.15 bits per heavy atom. The first kappa shape index (κ1) is 16.7. The zero-order valence-electron chi connectivity index (χ0n) is 12.4. The largest absolute Gasteiger partial charge is 0.481 e. The van der Waals surface area contributed by atoms with Crippen LogP contribution in [-0.2, 0) is 16.1 Å². The summed E-state index contributed by atoms with van der Waals surface area (Å²) in [5.41, 5.74) is 1.17. The van der Waals surface area contributed by atoms with E-state index < -0.39 is 5.97 Å². The van der Waals surface area contributed by atoms with Crippen LogP contribution < -0.4 is 0 Å². The third kappa shape index (κ3) is 7.95. The van der Waals surface area contributed by atoms with Crippen molar-refractivity contribution in [1.82, 2.24) is 0 Å². The van der Waals surface area contributed by atoms with Gasteiger partial charge in [-0.15, -0.1) is 0 Å². The van der Waals surface area contributed by atoms with Gasteiger partial charge in [-0.05, 0) is 24.8 Å². The zero-order chi connectivity index (χ0) is 14.6.